The molecule has 0 aromatic carbocycles. The quantitative estimate of drug-likeness (QED) is 0.760. The fourth-order valence-corrected chi connectivity index (χ4v) is 2.31. The molecule has 0 spiro atoms. The summed E-state index contributed by atoms with van der Waals surface area (Å²) in [5.41, 5.74) is 0. The van der Waals surface area contributed by atoms with Crippen LogP contribution in [0, 0.1) is 5.92 Å². The standard InChI is InChI=1S/C12H21ClN2O2/c1-15(12(17)7-13)9-11(16)14-8-10-5-3-2-4-6-10/h10H,2-9H2,1H3,(H,14,16). The summed E-state index contributed by atoms with van der Waals surface area (Å²) < 4.78 is 0. The minimum absolute atomic E-state index is 0.0770. The van der Waals surface area contributed by atoms with Crippen molar-refractivity contribution < 1.29 is 9.59 Å². The molecule has 0 unspecified atom stereocenters. The molecule has 0 bridgehead atoms. The molecule has 1 aliphatic carbocycles. The van der Waals surface area contributed by atoms with E-state index in [1.807, 2.05) is 0 Å². The van der Waals surface area contributed by atoms with Crippen molar-refractivity contribution in [3.8, 4) is 0 Å². The van der Waals surface area contributed by atoms with Gasteiger partial charge in [0.1, 0.15) is 5.88 Å². The summed E-state index contributed by atoms with van der Waals surface area (Å²) >= 11 is 5.41. The van der Waals surface area contributed by atoms with Gasteiger partial charge in [-0.05, 0) is 18.8 Å². The largest absolute Gasteiger partial charge is 0.354 e. The first-order valence-electron chi connectivity index (χ1n) is 6.20. The average Bonchev–Trinajstić information content (AvgIpc) is 2.36. The van der Waals surface area contributed by atoms with Crippen LogP contribution >= 0.6 is 11.6 Å². The van der Waals surface area contributed by atoms with Crippen molar-refractivity contribution in [1.29, 1.82) is 0 Å². The van der Waals surface area contributed by atoms with Gasteiger partial charge in [0, 0.05) is 13.6 Å². The average molecular weight is 261 g/mol. The van der Waals surface area contributed by atoms with Gasteiger partial charge in [0.25, 0.3) is 0 Å². The van der Waals surface area contributed by atoms with Gasteiger partial charge in [0.2, 0.25) is 11.8 Å². The number of hydrogen-bond acceptors (Lipinski definition) is 2. The van der Waals surface area contributed by atoms with E-state index in [-0.39, 0.29) is 24.2 Å². The van der Waals surface area contributed by atoms with Gasteiger partial charge in [-0.2, -0.15) is 0 Å². The molecule has 4 nitrogen and oxygen atoms in total. The summed E-state index contributed by atoms with van der Waals surface area (Å²) in [6.07, 6.45) is 6.27. The second-order valence-electron chi connectivity index (χ2n) is 4.69. The Hall–Kier alpha value is -0.770. The van der Waals surface area contributed by atoms with Gasteiger partial charge in [-0.3, -0.25) is 9.59 Å². The lowest BCUT2D eigenvalue weighted by Crippen LogP contribution is -2.40. The highest BCUT2D eigenvalue weighted by atomic mass is 35.5. The lowest BCUT2D eigenvalue weighted by molar-refractivity contribution is -0.132. The minimum Gasteiger partial charge on any atom is -0.354 e. The Kier molecular flexibility index (Phi) is 6.34. The molecule has 5 heteroatoms. The highest BCUT2D eigenvalue weighted by Gasteiger charge is 2.16. The third-order valence-corrected chi connectivity index (χ3v) is 3.46. The topological polar surface area (TPSA) is 49.4 Å². The molecule has 0 atom stereocenters. The number of carbonyl (C=O) groups is 2. The zero-order valence-corrected chi connectivity index (χ0v) is 11.1. The minimum atomic E-state index is -0.223. The maximum absolute atomic E-state index is 11.6. The fourth-order valence-electron chi connectivity index (χ4n) is 2.11. The normalized spacial score (nSPS) is 16.6. The molecule has 98 valence electrons. The molecule has 1 saturated carbocycles. The van der Waals surface area contributed by atoms with E-state index in [0.29, 0.717) is 5.92 Å². The molecular weight excluding hydrogens is 240 g/mol. The molecule has 0 aromatic heterocycles. The van der Waals surface area contributed by atoms with Crippen LogP contribution in [0.1, 0.15) is 32.1 Å². The summed E-state index contributed by atoms with van der Waals surface area (Å²) in [6.45, 7) is 0.833. The Morgan fingerprint density at radius 3 is 2.53 bits per heavy atom. The van der Waals surface area contributed by atoms with Crippen molar-refractivity contribution in [2.24, 2.45) is 5.92 Å². The molecule has 0 heterocycles. The second-order valence-corrected chi connectivity index (χ2v) is 4.96. The smallest absolute Gasteiger partial charge is 0.239 e. The van der Waals surface area contributed by atoms with Gasteiger partial charge in [0.15, 0.2) is 0 Å². The van der Waals surface area contributed by atoms with Crippen LogP contribution in [0.5, 0.6) is 0 Å². The number of hydrogen-bond donors (Lipinski definition) is 1. The molecule has 0 saturated heterocycles. The van der Waals surface area contributed by atoms with E-state index in [9.17, 15) is 9.59 Å². The Labute approximate surface area is 108 Å². The molecule has 1 aliphatic rings. The van der Waals surface area contributed by atoms with E-state index in [1.165, 1.54) is 37.0 Å². The monoisotopic (exact) mass is 260 g/mol. The Balaban J connectivity index is 2.18. The van der Waals surface area contributed by atoms with Crippen molar-refractivity contribution in [2.75, 3.05) is 26.0 Å². The lowest BCUT2D eigenvalue weighted by Gasteiger charge is -2.22. The van der Waals surface area contributed by atoms with E-state index >= 15 is 0 Å². The molecule has 0 aliphatic heterocycles. The second kappa shape index (κ2) is 7.54. The van der Waals surface area contributed by atoms with Crippen LogP contribution in [0.2, 0.25) is 0 Å². The lowest BCUT2D eigenvalue weighted by atomic mass is 9.89. The first kappa shape index (κ1) is 14.3. The summed E-state index contributed by atoms with van der Waals surface area (Å²) in [7, 11) is 1.59. The van der Waals surface area contributed by atoms with Crippen LogP contribution in [-0.2, 0) is 9.59 Å². The Bertz CT molecular complexity index is 265. The SMILES string of the molecule is CN(CC(=O)NCC1CCCCC1)C(=O)CCl. The van der Waals surface area contributed by atoms with Crippen LogP contribution in [0.4, 0.5) is 0 Å². The van der Waals surface area contributed by atoms with Crippen molar-refractivity contribution in [3.63, 3.8) is 0 Å². The van der Waals surface area contributed by atoms with Crippen LogP contribution in [-0.4, -0.2) is 42.7 Å². The zero-order chi connectivity index (χ0) is 12.7. The molecule has 1 rings (SSSR count). The van der Waals surface area contributed by atoms with Gasteiger partial charge in [0.05, 0.1) is 6.54 Å². The van der Waals surface area contributed by atoms with Gasteiger partial charge in [-0.15, -0.1) is 11.6 Å². The number of carbonyl (C=O) groups excluding carboxylic acids is 2. The summed E-state index contributed by atoms with van der Waals surface area (Å²) in [5.74, 6) is 0.213. The summed E-state index contributed by atoms with van der Waals surface area (Å²) in [6, 6.07) is 0. The Morgan fingerprint density at radius 2 is 1.94 bits per heavy atom. The van der Waals surface area contributed by atoms with E-state index in [4.69, 9.17) is 11.6 Å². The Morgan fingerprint density at radius 1 is 1.29 bits per heavy atom. The van der Waals surface area contributed by atoms with E-state index in [2.05, 4.69) is 5.32 Å². The van der Waals surface area contributed by atoms with Gasteiger partial charge in [-0.25, -0.2) is 0 Å². The highest BCUT2D eigenvalue weighted by Crippen LogP contribution is 2.22. The maximum atomic E-state index is 11.6. The number of nitrogens with zero attached hydrogens (tertiary/aromatic N) is 1. The molecular formula is C12H21ClN2O2. The third-order valence-electron chi connectivity index (χ3n) is 3.23. The van der Waals surface area contributed by atoms with Crippen molar-refractivity contribution in [3.05, 3.63) is 0 Å². The summed E-state index contributed by atoms with van der Waals surface area (Å²) in [5, 5.41) is 2.89. The predicted octanol–water partition coefficient (Wildman–Crippen LogP) is 1.38. The zero-order valence-electron chi connectivity index (χ0n) is 10.4. The van der Waals surface area contributed by atoms with Gasteiger partial charge < -0.3 is 10.2 Å². The fraction of sp³-hybridized carbons (Fsp3) is 0.833. The van der Waals surface area contributed by atoms with Crippen molar-refractivity contribution in [1.82, 2.24) is 10.2 Å². The molecule has 17 heavy (non-hydrogen) atoms. The van der Waals surface area contributed by atoms with Crippen LogP contribution < -0.4 is 5.32 Å². The van der Waals surface area contributed by atoms with Gasteiger partial charge in [-0.1, -0.05) is 19.3 Å². The molecule has 1 fully saturated rings. The first-order chi connectivity index (χ1) is 8.13. The van der Waals surface area contributed by atoms with Crippen LogP contribution in [0.3, 0.4) is 0 Å². The van der Waals surface area contributed by atoms with Gasteiger partial charge >= 0.3 is 0 Å². The predicted molar refractivity (Wildman–Crippen MR) is 67.9 cm³/mol. The molecule has 2 amide bonds. The van der Waals surface area contributed by atoms with E-state index in [0.717, 1.165) is 6.54 Å². The van der Waals surface area contributed by atoms with Crippen LogP contribution in [0.25, 0.3) is 0 Å². The highest BCUT2D eigenvalue weighted by molar-refractivity contribution is 6.27. The summed E-state index contributed by atoms with van der Waals surface area (Å²) in [4.78, 5) is 24.1. The molecule has 0 radical (unpaired) electrons. The number of halogens is 1. The van der Waals surface area contributed by atoms with E-state index < -0.39 is 0 Å². The first-order valence-corrected chi connectivity index (χ1v) is 6.73. The number of rotatable bonds is 5. The maximum Gasteiger partial charge on any atom is 0.239 e. The number of nitrogens with one attached hydrogen (secondary N) is 1. The third kappa shape index (κ3) is 5.39. The van der Waals surface area contributed by atoms with Crippen LogP contribution in [0.15, 0.2) is 0 Å². The number of amides is 2. The van der Waals surface area contributed by atoms with E-state index in [1.54, 1.807) is 7.05 Å². The number of likely N-dealkylation sites (N-methyl/N-ethyl adjacent to an activating group) is 1. The molecule has 0 aromatic rings. The molecule has 1 N–H and O–H groups in total. The van der Waals surface area contributed by atoms with Crippen molar-refractivity contribution in [2.45, 2.75) is 32.1 Å². The van der Waals surface area contributed by atoms with Crippen molar-refractivity contribution >= 4 is 23.4 Å². The number of alkyl halides is 1.